The summed E-state index contributed by atoms with van der Waals surface area (Å²) in [6, 6.07) is 8.13. The van der Waals surface area contributed by atoms with E-state index in [1.54, 1.807) is 7.11 Å². The monoisotopic (exact) mass is 265 g/mol. The highest BCUT2D eigenvalue weighted by atomic mass is 16.5. The summed E-state index contributed by atoms with van der Waals surface area (Å²) in [5, 5.41) is 3.36. The first-order valence-electron chi connectivity index (χ1n) is 7.13. The van der Waals surface area contributed by atoms with E-state index in [1.807, 2.05) is 12.1 Å². The van der Waals surface area contributed by atoms with Crippen molar-refractivity contribution < 1.29 is 9.47 Å². The fraction of sp³-hybridized carbons (Fsp3) is 0.625. The molecule has 1 unspecified atom stereocenters. The lowest BCUT2D eigenvalue weighted by molar-refractivity contribution is 0.0461. The summed E-state index contributed by atoms with van der Waals surface area (Å²) in [4.78, 5) is 0. The molecule has 0 radical (unpaired) electrons. The molecule has 1 atom stereocenters. The Morgan fingerprint density at radius 3 is 2.37 bits per heavy atom. The van der Waals surface area contributed by atoms with Crippen LogP contribution in [0.5, 0.6) is 5.75 Å². The van der Waals surface area contributed by atoms with Crippen LogP contribution >= 0.6 is 0 Å². The molecule has 0 saturated carbocycles. The molecular weight excluding hydrogens is 238 g/mol. The summed E-state index contributed by atoms with van der Waals surface area (Å²) in [5.74, 6) is 1.56. The van der Waals surface area contributed by atoms with E-state index in [2.05, 4.69) is 38.2 Å². The molecule has 1 aromatic carbocycles. The van der Waals surface area contributed by atoms with Gasteiger partial charge < -0.3 is 14.8 Å². The van der Waals surface area contributed by atoms with Gasteiger partial charge in [0.2, 0.25) is 0 Å². The highest BCUT2D eigenvalue weighted by molar-refractivity contribution is 5.28. The number of methoxy groups -OCH3 is 1. The number of rotatable bonds is 9. The molecule has 0 heterocycles. The van der Waals surface area contributed by atoms with Gasteiger partial charge in [0.25, 0.3) is 0 Å². The van der Waals surface area contributed by atoms with Crippen molar-refractivity contribution in [3.8, 4) is 5.75 Å². The maximum Gasteiger partial charge on any atom is 0.118 e. The van der Waals surface area contributed by atoms with Gasteiger partial charge in [-0.15, -0.1) is 0 Å². The molecule has 19 heavy (non-hydrogen) atoms. The van der Waals surface area contributed by atoms with Crippen molar-refractivity contribution in [3.63, 3.8) is 0 Å². The predicted octanol–water partition coefficient (Wildman–Crippen LogP) is 3.41. The molecule has 3 heteroatoms. The molecule has 0 spiro atoms. The van der Waals surface area contributed by atoms with Gasteiger partial charge in [-0.3, -0.25) is 0 Å². The van der Waals surface area contributed by atoms with Gasteiger partial charge in [0.1, 0.15) is 5.75 Å². The van der Waals surface area contributed by atoms with Crippen LogP contribution in [0.25, 0.3) is 0 Å². The van der Waals surface area contributed by atoms with Crippen LogP contribution in [-0.4, -0.2) is 26.8 Å². The zero-order chi connectivity index (χ0) is 14.1. The lowest BCUT2D eigenvalue weighted by Gasteiger charge is -2.19. The first kappa shape index (κ1) is 16.0. The summed E-state index contributed by atoms with van der Waals surface area (Å²) in [5.41, 5.74) is 1.20. The Hall–Kier alpha value is -1.06. The van der Waals surface area contributed by atoms with Crippen LogP contribution < -0.4 is 10.1 Å². The normalized spacial score (nSPS) is 12.7. The molecule has 0 aliphatic heterocycles. The Labute approximate surface area is 117 Å². The highest BCUT2D eigenvalue weighted by Gasteiger charge is 2.11. The van der Waals surface area contributed by atoms with Gasteiger partial charge in [0.05, 0.1) is 13.2 Å². The smallest absolute Gasteiger partial charge is 0.118 e. The van der Waals surface area contributed by atoms with E-state index in [1.165, 1.54) is 5.56 Å². The van der Waals surface area contributed by atoms with Crippen molar-refractivity contribution in [1.82, 2.24) is 5.32 Å². The minimum atomic E-state index is 0.115. The average molecular weight is 265 g/mol. The topological polar surface area (TPSA) is 30.5 Å². The maximum absolute atomic E-state index is 6.01. The van der Waals surface area contributed by atoms with Crippen molar-refractivity contribution in [2.45, 2.75) is 33.3 Å². The van der Waals surface area contributed by atoms with Crippen LogP contribution in [-0.2, 0) is 4.74 Å². The van der Waals surface area contributed by atoms with Gasteiger partial charge in [-0.2, -0.15) is 0 Å². The number of ether oxygens (including phenoxy) is 2. The van der Waals surface area contributed by atoms with Crippen LogP contribution in [0.4, 0.5) is 0 Å². The quantitative estimate of drug-likeness (QED) is 0.742. The molecule has 1 aromatic rings. The minimum absolute atomic E-state index is 0.115. The van der Waals surface area contributed by atoms with Gasteiger partial charge in [0.15, 0.2) is 0 Å². The highest BCUT2D eigenvalue weighted by Crippen LogP contribution is 2.21. The third-order valence-electron chi connectivity index (χ3n) is 3.08. The Balaban J connectivity index is 2.60. The van der Waals surface area contributed by atoms with E-state index in [0.29, 0.717) is 5.92 Å². The van der Waals surface area contributed by atoms with Gasteiger partial charge in [0, 0.05) is 13.2 Å². The molecule has 0 fully saturated rings. The van der Waals surface area contributed by atoms with Crippen LogP contribution in [0.3, 0.4) is 0 Å². The van der Waals surface area contributed by atoms with Crippen molar-refractivity contribution in [3.05, 3.63) is 29.8 Å². The maximum atomic E-state index is 6.01. The molecule has 0 aromatic heterocycles. The summed E-state index contributed by atoms with van der Waals surface area (Å²) in [7, 11) is 1.68. The summed E-state index contributed by atoms with van der Waals surface area (Å²) < 4.78 is 11.2. The molecule has 0 amide bonds. The average Bonchev–Trinajstić information content (AvgIpc) is 2.42. The lowest BCUT2D eigenvalue weighted by atomic mass is 10.1. The molecule has 3 nitrogen and oxygen atoms in total. The third kappa shape index (κ3) is 6.08. The van der Waals surface area contributed by atoms with E-state index in [4.69, 9.17) is 9.47 Å². The Bertz CT molecular complexity index is 335. The molecule has 108 valence electrons. The van der Waals surface area contributed by atoms with E-state index in [0.717, 1.165) is 31.9 Å². The minimum Gasteiger partial charge on any atom is -0.497 e. The Morgan fingerprint density at radius 1 is 1.16 bits per heavy atom. The summed E-state index contributed by atoms with van der Waals surface area (Å²) in [6.07, 6.45) is 1.21. The van der Waals surface area contributed by atoms with Crippen molar-refractivity contribution in [1.29, 1.82) is 0 Å². The number of benzene rings is 1. The van der Waals surface area contributed by atoms with E-state index >= 15 is 0 Å². The SMILES string of the molecule is CCNCC(OCCC(C)C)c1ccc(OC)cc1. The predicted molar refractivity (Wildman–Crippen MR) is 79.7 cm³/mol. The van der Waals surface area contributed by atoms with E-state index in [-0.39, 0.29) is 6.10 Å². The molecule has 1 N–H and O–H groups in total. The van der Waals surface area contributed by atoms with Gasteiger partial charge in [-0.25, -0.2) is 0 Å². The third-order valence-corrected chi connectivity index (χ3v) is 3.08. The van der Waals surface area contributed by atoms with Crippen LogP contribution in [0.2, 0.25) is 0 Å². The van der Waals surface area contributed by atoms with Crippen molar-refractivity contribution >= 4 is 0 Å². The molecule has 0 aliphatic rings. The first-order valence-corrected chi connectivity index (χ1v) is 7.13. The lowest BCUT2D eigenvalue weighted by Crippen LogP contribution is -2.23. The van der Waals surface area contributed by atoms with E-state index in [9.17, 15) is 0 Å². The van der Waals surface area contributed by atoms with Gasteiger partial charge in [-0.05, 0) is 36.6 Å². The number of nitrogens with one attached hydrogen (secondary N) is 1. The van der Waals surface area contributed by atoms with Gasteiger partial charge in [-0.1, -0.05) is 32.9 Å². The second-order valence-corrected chi connectivity index (χ2v) is 5.12. The second-order valence-electron chi connectivity index (χ2n) is 5.12. The number of hydrogen-bond donors (Lipinski definition) is 1. The van der Waals surface area contributed by atoms with Crippen molar-refractivity contribution in [2.75, 3.05) is 26.8 Å². The zero-order valence-electron chi connectivity index (χ0n) is 12.6. The molecule has 1 rings (SSSR count). The molecule has 0 bridgehead atoms. The Kier molecular flexibility index (Phi) is 7.53. The first-order chi connectivity index (χ1) is 9.17. The molecular formula is C16H27NO2. The summed E-state index contributed by atoms with van der Waals surface area (Å²) in [6.45, 7) is 9.16. The second kappa shape index (κ2) is 8.94. The number of hydrogen-bond acceptors (Lipinski definition) is 3. The van der Waals surface area contributed by atoms with E-state index < -0.39 is 0 Å². The Morgan fingerprint density at radius 2 is 1.84 bits per heavy atom. The number of likely N-dealkylation sites (N-methyl/N-ethyl adjacent to an activating group) is 1. The van der Waals surface area contributed by atoms with Crippen LogP contribution in [0.15, 0.2) is 24.3 Å². The standard InChI is InChI=1S/C16H27NO2/c1-5-17-12-16(19-11-10-13(2)3)14-6-8-15(18-4)9-7-14/h6-9,13,16-17H,5,10-12H2,1-4H3. The fourth-order valence-electron chi connectivity index (χ4n) is 1.81. The molecule has 0 saturated heterocycles. The van der Waals surface area contributed by atoms with Crippen LogP contribution in [0, 0.1) is 5.92 Å². The van der Waals surface area contributed by atoms with Crippen LogP contribution in [0.1, 0.15) is 38.9 Å². The largest absolute Gasteiger partial charge is 0.497 e. The fourth-order valence-corrected chi connectivity index (χ4v) is 1.81. The van der Waals surface area contributed by atoms with Crippen molar-refractivity contribution in [2.24, 2.45) is 5.92 Å². The van der Waals surface area contributed by atoms with Gasteiger partial charge >= 0.3 is 0 Å². The summed E-state index contributed by atoms with van der Waals surface area (Å²) >= 11 is 0. The zero-order valence-corrected chi connectivity index (χ0v) is 12.6. The molecule has 0 aliphatic carbocycles.